The van der Waals surface area contributed by atoms with Crippen molar-refractivity contribution in [3.63, 3.8) is 0 Å². The van der Waals surface area contributed by atoms with Crippen LogP contribution in [0.4, 0.5) is 5.82 Å². The van der Waals surface area contributed by atoms with Gasteiger partial charge in [-0.1, -0.05) is 13.8 Å². The molecule has 2 aromatic heterocycles. The van der Waals surface area contributed by atoms with Gasteiger partial charge in [0.1, 0.15) is 17.3 Å². The molecule has 0 aromatic carbocycles. The van der Waals surface area contributed by atoms with Gasteiger partial charge in [-0.05, 0) is 55.7 Å². The van der Waals surface area contributed by atoms with Crippen LogP contribution in [0.5, 0.6) is 5.75 Å². The molecule has 0 spiro atoms. The number of aromatic nitrogens is 2. The molecule has 154 valence electrons. The molecular weight excluding hydrogens is 390 g/mol. The van der Waals surface area contributed by atoms with Gasteiger partial charge in [-0.2, -0.15) is 0 Å². The summed E-state index contributed by atoms with van der Waals surface area (Å²) in [4.78, 5) is 20.2. The maximum atomic E-state index is 11.7. The van der Waals surface area contributed by atoms with Gasteiger partial charge in [-0.15, -0.1) is 0 Å². The van der Waals surface area contributed by atoms with Gasteiger partial charge in [0.25, 0.3) is 0 Å². The predicted octanol–water partition coefficient (Wildman–Crippen LogP) is 3.49. The lowest BCUT2D eigenvalue weighted by atomic mass is 10.0. The zero-order valence-electron chi connectivity index (χ0n) is 17.1. The molecule has 0 bridgehead atoms. The second kappa shape index (κ2) is 9.92. The summed E-state index contributed by atoms with van der Waals surface area (Å²) in [5, 5.41) is 14.1. The first-order valence-electron chi connectivity index (χ1n) is 9.09. The van der Waals surface area contributed by atoms with E-state index in [4.69, 9.17) is 27.1 Å². The number of thiocarbonyl (C=S) groups is 1. The van der Waals surface area contributed by atoms with E-state index in [1.54, 1.807) is 24.4 Å². The van der Waals surface area contributed by atoms with Crippen molar-refractivity contribution < 1.29 is 14.3 Å². The fourth-order valence-corrected chi connectivity index (χ4v) is 2.64. The van der Waals surface area contributed by atoms with Gasteiger partial charge in [-0.25, -0.2) is 14.8 Å². The summed E-state index contributed by atoms with van der Waals surface area (Å²) in [6, 6.07) is 5.15. The van der Waals surface area contributed by atoms with Crippen LogP contribution >= 0.6 is 12.2 Å². The smallest absolute Gasteiger partial charge is 0.339 e. The number of hydrogen-bond acceptors (Lipinski definition) is 7. The summed E-state index contributed by atoms with van der Waals surface area (Å²) >= 11 is 5.30. The number of anilines is 1. The molecule has 0 amide bonds. The summed E-state index contributed by atoms with van der Waals surface area (Å²) in [7, 11) is 1.32. The highest BCUT2D eigenvalue weighted by Gasteiger charge is 2.15. The van der Waals surface area contributed by atoms with E-state index in [2.05, 4.69) is 20.6 Å². The Bertz CT molecular complexity index is 897. The standard InChI is InChI=1S/C20H25N5O3S/c1-11(2)15-8-13(19(26)27-5)9-23-18(15)25-20(29)24-17(21)16-7-6-14(10-22-16)28-12(3)4/h6-12H,1-5H3,(H3,21,23,24,25,29). The van der Waals surface area contributed by atoms with Crippen molar-refractivity contribution in [2.75, 3.05) is 12.4 Å². The van der Waals surface area contributed by atoms with Gasteiger partial charge in [0.05, 0.1) is 25.0 Å². The number of ether oxygens (including phenoxy) is 2. The summed E-state index contributed by atoms with van der Waals surface area (Å²) in [6.07, 6.45) is 3.03. The number of hydrogen-bond donors (Lipinski definition) is 3. The zero-order chi connectivity index (χ0) is 21.6. The third kappa shape index (κ3) is 6.21. The Balaban J connectivity index is 2.08. The fraction of sp³-hybridized carbons (Fsp3) is 0.350. The van der Waals surface area contributed by atoms with Gasteiger partial charge in [0.15, 0.2) is 10.9 Å². The molecule has 0 aliphatic carbocycles. The minimum Gasteiger partial charge on any atom is -0.489 e. The van der Waals surface area contributed by atoms with Gasteiger partial charge in [0.2, 0.25) is 0 Å². The Morgan fingerprint density at radius 3 is 2.45 bits per heavy atom. The first-order chi connectivity index (χ1) is 13.7. The van der Waals surface area contributed by atoms with Gasteiger partial charge in [0, 0.05) is 6.20 Å². The number of rotatable bonds is 6. The van der Waals surface area contributed by atoms with Crippen LogP contribution in [0.3, 0.4) is 0 Å². The van der Waals surface area contributed by atoms with Crippen molar-refractivity contribution in [1.82, 2.24) is 15.3 Å². The SMILES string of the molecule is COC(=O)c1cnc(NC(=S)NC(=N)c2ccc(OC(C)C)cn2)c(C(C)C)c1. The molecule has 8 nitrogen and oxygen atoms in total. The van der Waals surface area contributed by atoms with Crippen LogP contribution in [-0.4, -0.2) is 40.1 Å². The van der Waals surface area contributed by atoms with Crippen molar-refractivity contribution in [1.29, 1.82) is 5.41 Å². The van der Waals surface area contributed by atoms with Gasteiger partial charge in [-0.3, -0.25) is 5.41 Å². The van der Waals surface area contributed by atoms with Crippen LogP contribution in [0.15, 0.2) is 30.6 Å². The van der Waals surface area contributed by atoms with E-state index in [-0.39, 0.29) is 23.0 Å². The monoisotopic (exact) mass is 415 g/mol. The average Bonchev–Trinajstić information content (AvgIpc) is 2.67. The van der Waals surface area contributed by atoms with Crippen LogP contribution < -0.4 is 15.4 Å². The summed E-state index contributed by atoms with van der Waals surface area (Å²) in [5.74, 6) is 0.813. The maximum absolute atomic E-state index is 11.7. The zero-order valence-corrected chi connectivity index (χ0v) is 17.9. The molecule has 2 heterocycles. The molecule has 9 heteroatoms. The molecular formula is C20H25N5O3S. The first kappa shape index (κ1) is 22.2. The maximum Gasteiger partial charge on any atom is 0.339 e. The molecule has 0 saturated carbocycles. The molecule has 29 heavy (non-hydrogen) atoms. The number of nitrogens with one attached hydrogen (secondary N) is 3. The molecule has 0 unspecified atom stereocenters. The predicted molar refractivity (Wildman–Crippen MR) is 116 cm³/mol. The molecule has 0 fully saturated rings. The second-order valence-electron chi connectivity index (χ2n) is 6.81. The molecule has 2 aromatic rings. The van der Waals surface area contributed by atoms with Gasteiger partial charge < -0.3 is 20.1 Å². The largest absolute Gasteiger partial charge is 0.489 e. The van der Waals surface area contributed by atoms with Crippen molar-refractivity contribution in [2.45, 2.75) is 39.7 Å². The lowest BCUT2D eigenvalue weighted by molar-refractivity contribution is 0.0600. The molecule has 0 saturated heterocycles. The number of amidine groups is 1. The third-order valence-electron chi connectivity index (χ3n) is 3.80. The Morgan fingerprint density at radius 1 is 1.17 bits per heavy atom. The fourth-order valence-electron chi connectivity index (χ4n) is 2.44. The van der Waals surface area contributed by atoms with Crippen LogP contribution in [0.2, 0.25) is 0 Å². The first-order valence-corrected chi connectivity index (χ1v) is 9.50. The van der Waals surface area contributed by atoms with Crippen LogP contribution in [0.25, 0.3) is 0 Å². The minimum absolute atomic E-state index is 0.0378. The second-order valence-corrected chi connectivity index (χ2v) is 7.22. The van der Waals surface area contributed by atoms with Crippen molar-refractivity contribution in [3.05, 3.63) is 47.4 Å². The van der Waals surface area contributed by atoms with Crippen molar-refractivity contribution in [2.24, 2.45) is 0 Å². The lowest BCUT2D eigenvalue weighted by Crippen LogP contribution is -2.35. The molecule has 2 rings (SSSR count). The highest BCUT2D eigenvalue weighted by molar-refractivity contribution is 7.80. The van der Waals surface area contributed by atoms with Crippen LogP contribution in [0.1, 0.15) is 55.2 Å². The summed E-state index contributed by atoms with van der Waals surface area (Å²) in [6.45, 7) is 7.82. The molecule has 0 aliphatic heterocycles. The number of nitrogens with zero attached hydrogens (tertiary/aromatic N) is 2. The normalized spacial score (nSPS) is 10.6. The van der Waals surface area contributed by atoms with Crippen molar-refractivity contribution >= 4 is 35.0 Å². The Morgan fingerprint density at radius 2 is 1.90 bits per heavy atom. The van der Waals surface area contributed by atoms with E-state index in [1.807, 2.05) is 27.7 Å². The number of carbonyl (C=O) groups excluding carboxylic acids is 1. The summed E-state index contributed by atoms with van der Waals surface area (Å²) in [5.41, 5.74) is 1.58. The van der Waals surface area contributed by atoms with E-state index >= 15 is 0 Å². The number of methoxy groups -OCH3 is 1. The topological polar surface area (TPSA) is 109 Å². The third-order valence-corrected chi connectivity index (χ3v) is 4.00. The Hall–Kier alpha value is -3.07. The summed E-state index contributed by atoms with van der Waals surface area (Å²) < 4.78 is 10.3. The molecule has 3 N–H and O–H groups in total. The highest BCUT2D eigenvalue weighted by Crippen LogP contribution is 2.23. The van der Waals surface area contributed by atoms with E-state index in [0.29, 0.717) is 22.8 Å². The van der Waals surface area contributed by atoms with Crippen LogP contribution in [-0.2, 0) is 4.74 Å². The lowest BCUT2D eigenvalue weighted by Gasteiger charge is -2.16. The quantitative estimate of drug-likeness (QED) is 0.285. The van der Waals surface area contributed by atoms with Crippen molar-refractivity contribution in [3.8, 4) is 5.75 Å². The molecule has 0 atom stereocenters. The van der Waals surface area contributed by atoms with Crippen LogP contribution in [0, 0.1) is 5.41 Å². The van der Waals surface area contributed by atoms with E-state index < -0.39 is 5.97 Å². The average molecular weight is 416 g/mol. The number of pyridine rings is 2. The van der Waals surface area contributed by atoms with Gasteiger partial charge >= 0.3 is 5.97 Å². The van der Waals surface area contributed by atoms with E-state index in [9.17, 15) is 4.79 Å². The van der Waals surface area contributed by atoms with E-state index in [1.165, 1.54) is 13.3 Å². The molecule has 0 aliphatic rings. The van der Waals surface area contributed by atoms with E-state index in [0.717, 1.165) is 5.56 Å². The molecule has 0 radical (unpaired) electrons. The Kier molecular flexibility index (Phi) is 7.60. The Labute approximate surface area is 175 Å². The highest BCUT2D eigenvalue weighted by atomic mass is 32.1. The minimum atomic E-state index is -0.454. The number of esters is 1. The number of carbonyl (C=O) groups is 1.